The number of benzene rings is 1. The molecule has 0 aromatic heterocycles. The van der Waals surface area contributed by atoms with Crippen LogP contribution < -0.4 is 0 Å². The Hall–Kier alpha value is -0.130. The van der Waals surface area contributed by atoms with E-state index < -0.39 is 9.58 Å². The summed E-state index contributed by atoms with van der Waals surface area (Å²) in [7, 11) is 0. The number of aliphatic hydroxyl groups is 1. The molecule has 1 unspecified atom stereocenters. The highest BCUT2D eigenvalue weighted by molar-refractivity contribution is 8.00. The van der Waals surface area contributed by atoms with Crippen molar-refractivity contribution in [3.05, 3.63) is 30.3 Å². The third-order valence-corrected chi connectivity index (χ3v) is 4.33. The van der Waals surface area contributed by atoms with E-state index in [1.165, 1.54) is 0 Å². The summed E-state index contributed by atoms with van der Waals surface area (Å²) in [6.45, 7) is 0. The predicted molar refractivity (Wildman–Crippen MR) is 75.5 cm³/mol. The third kappa shape index (κ3) is 3.25. The maximum absolute atomic E-state index is 9.95. The molecule has 0 amide bonds. The number of oxime groups is 1. The molecule has 7 heteroatoms. The predicted octanol–water partition coefficient (Wildman–Crippen LogP) is 3.61. The minimum Gasteiger partial charge on any atom is -0.355 e. The highest BCUT2D eigenvalue weighted by atomic mass is 35.6. The standard InChI is InChI=1S/C11H10Cl3NO2S/c12-11(13,14)10(16)6-8(15-17-10)7-18-9-4-2-1-3-5-9/h1-5,16H,6-7H2. The number of rotatable bonds is 3. The first-order valence-corrected chi connectivity index (χ1v) is 7.23. The molecular weight excluding hydrogens is 317 g/mol. The van der Waals surface area contributed by atoms with Gasteiger partial charge in [0.05, 0.1) is 12.1 Å². The maximum atomic E-state index is 9.95. The van der Waals surface area contributed by atoms with Gasteiger partial charge in [0.15, 0.2) is 0 Å². The highest BCUT2D eigenvalue weighted by Crippen LogP contribution is 2.44. The second kappa shape index (κ2) is 5.47. The topological polar surface area (TPSA) is 41.8 Å². The Labute approximate surface area is 124 Å². The van der Waals surface area contributed by atoms with Crippen molar-refractivity contribution in [2.75, 3.05) is 5.75 Å². The van der Waals surface area contributed by atoms with Crippen LogP contribution in [0.5, 0.6) is 0 Å². The van der Waals surface area contributed by atoms with Gasteiger partial charge in [0.1, 0.15) is 0 Å². The van der Waals surface area contributed by atoms with E-state index in [1.807, 2.05) is 30.3 Å². The van der Waals surface area contributed by atoms with Gasteiger partial charge in [0.25, 0.3) is 9.58 Å². The summed E-state index contributed by atoms with van der Waals surface area (Å²) < 4.78 is -1.92. The first kappa shape index (κ1) is 14.3. The average Bonchev–Trinajstić information content (AvgIpc) is 2.71. The van der Waals surface area contributed by atoms with Crippen LogP contribution in [0.1, 0.15) is 6.42 Å². The van der Waals surface area contributed by atoms with Gasteiger partial charge in [0, 0.05) is 10.6 Å². The summed E-state index contributed by atoms with van der Waals surface area (Å²) in [6, 6.07) is 9.83. The molecule has 0 spiro atoms. The molecule has 0 aliphatic carbocycles. The lowest BCUT2D eigenvalue weighted by molar-refractivity contribution is -0.181. The molecule has 2 rings (SSSR count). The van der Waals surface area contributed by atoms with Crippen molar-refractivity contribution in [2.45, 2.75) is 20.9 Å². The Morgan fingerprint density at radius 3 is 2.56 bits per heavy atom. The lowest BCUT2D eigenvalue weighted by Gasteiger charge is -2.26. The van der Waals surface area contributed by atoms with Crippen LogP contribution >= 0.6 is 46.6 Å². The summed E-state index contributed by atoms with van der Waals surface area (Å²) in [5.74, 6) is -1.29. The second-order valence-electron chi connectivity index (χ2n) is 3.81. The molecule has 18 heavy (non-hydrogen) atoms. The van der Waals surface area contributed by atoms with Gasteiger partial charge < -0.3 is 9.94 Å². The molecule has 1 aliphatic heterocycles. The Morgan fingerprint density at radius 1 is 1.33 bits per heavy atom. The highest BCUT2D eigenvalue weighted by Gasteiger charge is 2.54. The smallest absolute Gasteiger partial charge is 0.287 e. The molecule has 1 N–H and O–H groups in total. The molecule has 98 valence electrons. The van der Waals surface area contributed by atoms with Crippen LogP contribution in [0.3, 0.4) is 0 Å². The third-order valence-electron chi connectivity index (χ3n) is 2.36. The van der Waals surface area contributed by atoms with E-state index in [9.17, 15) is 5.11 Å². The lowest BCUT2D eigenvalue weighted by atomic mass is 10.2. The van der Waals surface area contributed by atoms with E-state index in [-0.39, 0.29) is 6.42 Å². The van der Waals surface area contributed by atoms with Crippen LogP contribution in [0.15, 0.2) is 40.4 Å². The second-order valence-corrected chi connectivity index (χ2v) is 7.14. The van der Waals surface area contributed by atoms with Crippen LogP contribution in [0.25, 0.3) is 0 Å². The Balaban J connectivity index is 1.91. The molecule has 3 nitrogen and oxygen atoms in total. The van der Waals surface area contributed by atoms with Crippen molar-refractivity contribution in [1.82, 2.24) is 0 Å². The van der Waals surface area contributed by atoms with Gasteiger partial charge in [-0.25, -0.2) is 0 Å². The van der Waals surface area contributed by atoms with Crippen molar-refractivity contribution >= 4 is 52.3 Å². The van der Waals surface area contributed by atoms with Crippen molar-refractivity contribution in [2.24, 2.45) is 5.16 Å². The quantitative estimate of drug-likeness (QED) is 0.681. The first-order valence-electron chi connectivity index (χ1n) is 5.12. The molecule has 1 aromatic carbocycles. The van der Waals surface area contributed by atoms with E-state index in [1.54, 1.807) is 11.8 Å². The summed E-state index contributed by atoms with van der Waals surface area (Å²) in [6.07, 6.45) is 0.0866. The van der Waals surface area contributed by atoms with Crippen molar-refractivity contribution in [1.29, 1.82) is 0 Å². The monoisotopic (exact) mass is 325 g/mol. The van der Waals surface area contributed by atoms with Crippen LogP contribution in [-0.2, 0) is 4.84 Å². The molecule has 1 aliphatic rings. The molecule has 0 fully saturated rings. The van der Waals surface area contributed by atoms with E-state index >= 15 is 0 Å². The number of hydrogen-bond donors (Lipinski definition) is 1. The first-order chi connectivity index (χ1) is 8.41. The minimum atomic E-state index is -1.92. The van der Waals surface area contributed by atoms with E-state index in [4.69, 9.17) is 39.6 Å². The number of alkyl halides is 3. The zero-order valence-corrected chi connectivity index (χ0v) is 12.2. The summed E-state index contributed by atoms with van der Waals surface area (Å²) in [5.41, 5.74) is 0.651. The fourth-order valence-corrected chi connectivity index (χ4v) is 2.54. The zero-order valence-electron chi connectivity index (χ0n) is 9.15. The summed E-state index contributed by atoms with van der Waals surface area (Å²) in [5, 5.41) is 13.7. The van der Waals surface area contributed by atoms with Crippen LogP contribution in [-0.4, -0.2) is 26.2 Å². The van der Waals surface area contributed by atoms with Crippen molar-refractivity contribution in [3.8, 4) is 0 Å². The molecule has 0 radical (unpaired) electrons. The minimum absolute atomic E-state index is 0.0866. The van der Waals surface area contributed by atoms with Gasteiger partial charge >= 0.3 is 0 Å². The fourth-order valence-electron chi connectivity index (χ4n) is 1.39. The number of hydrogen-bond acceptors (Lipinski definition) is 4. The zero-order chi connectivity index (χ0) is 13.2. The maximum Gasteiger partial charge on any atom is 0.287 e. The van der Waals surface area contributed by atoms with Gasteiger partial charge in [-0.3, -0.25) is 0 Å². The Morgan fingerprint density at radius 2 is 2.00 bits per heavy atom. The molecule has 1 aromatic rings. The van der Waals surface area contributed by atoms with Crippen LogP contribution in [0.2, 0.25) is 0 Å². The van der Waals surface area contributed by atoms with E-state index in [0.29, 0.717) is 11.5 Å². The number of halogens is 3. The van der Waals surface area contributed by atoms with Gasteiger partial charge in [-0.15, -0.1) is 11.8 Å². The normalized spacial score (nSPS) is 23.7. The van der Waals surface area contributed by atoms with Crippen LogP contribution in [0, 0.1) is 0 Å². The van der Waals surface area contributed by atoms with Gasteiger partial charge in [-0.1, -0.05) is 58.2 Å². The average molecular weight is 327 g/mol. The van der Waals surface area contributed by atoms with Gasteiger partial charge in [0.2, 0.25) is 0 Å². The summed E-state index contributed by atoms with van der Waals surface area (Å²) in [4.78, 5) is 5.94. The van der Waals surface area contributed by atoms with Gasteiger partial charge in [-0.05, 0) is 12.1 Å². The molecule has 1 heterocycles. The van der Waals surface area contributed by atoms with Gasteiger partial charge in [-0.2, -0.15) is 0 Å². The molecule has 0 bridgehead atoms. The molecule has 1 atom stereocenters. The van der Waals surface area contributed by atoms with Crippen LogP contribution in [0.4, 0.5) is 0 Å². The molecular formula is C11H10Cl3NO2S. The molecule has 0 saturated heterocycles. The largest absolute Gasteiger partial charge is 0.355 e. The van der Waals surface area contributed by atoms with Crippen molar-refractivity contribution in [3.63, 3.8) is 0 Å². The Bertz CT molecular complexity index is 449. The van der Waals surface area contributed by atoms with E-state index in [2.05, 4.69) is 5.16 Å². The van der Waals surface area contributed by atoms with E-state index in [0.717, 1.165) is 4.90 Å². The number of thioether (sulfide) groups is 1. The van der Waals surface area contributed by atoms with Crippen molar-refractivity contribution < 1.29 is 9.94 Å². The SMILES string of the molecule is OC1(C(Cl)(Cl)Cl)CC(CSc2ccccc2)=NO1. The molecule has 0 saturated carbocycles. The lowest BCUT2D eigenvalue weighted by Crippen LogP contribution is -2.43. The summed E-state index contributed by atoms with van der Waals surface area (Å²) >= 11 is 18.5. The fraction of sp³-hybridized carbons (Fsp3) is 0.364. The Kier molecular flexibility index (Phi) is 4.34. The number of nitrogens with zero attached hydrogens (tertiary/aromatic N) is 1.